The maximum Gasteiger partial charge on any atom is 0.0184 e. The van der Waals surface area contributed by atoms with Gasteiger partial charge in [-0.05, 0) is 18.6 Å². The molecule has 0 amide bonds. The standard InChI is InChI=1S/C13H14/c1-13(2,11-7-3-4-8-11)12-9-5-6-10-12/h3-7,9H,8H2,1-2H3. The van der Waals surface area contributed by atoms with Crippen molar-refractivity contribution in [3.63, 3.8) is 0 Å². The SMILES string of the molecule is CC(C)(C1=C=CC=C1)C1=CC=CC1. The van der Waals surface area contributed by atoms with Crippen molar-refractivity contribution in [1.29, 1.82) is 0 Å². The van der Waals surface area contributed by atoms with Gasteiger partial charge in [-0.2, -0.15) is 0 Å². The Bertz CT molecular complexity index is 367. The molecule has 2 aliphatic carbocycles. The highest BCUT2D eigenvalue weighted by atomic mass is 14.3. The second-order valence-corrected chi connectivity index (χ2v) is 4.03. The van der Waals surface area contributed by atoms with Gasteiger partial charge in [-0.1, -0.05) is 43.7 Å². The van der Waals surface area contributed by atoms with Crippen LogP contribution in [0.2, 0.25) is 0 Å². The van der Waals surface area contributed by atoms with Crippen molar-refractivity contribution in [2.75, 3.05) is 0 Å². The lowest BCUT2D eigenvalue weighted by Gasteiger charge is -2.26. The van der Waals surface area contributed by atoms with Gasteiger partial charge in [-0.25, -0.2) is 0 Å². The van der Waals surface area contributed by atoms with Gasteiger partial charge < -0.3 is 0 Å². The van der Waals surface area contributed by atoms with E-state index >= 15 is 0 Å². The van der Waals surface area contributed by atoms with Crippen LogP contribution in [0.25, 0.3) is 0 Å². The van der Waals surface area contributed by atoms with Crippen molar-refractivity contribution in [2.45, 2.75) is 20.3 Å². The lowest BCUT2D eigenvalue weighted by Crippen LogP contribution is -2.15. The maximum atomic E-state index is 3.29. The van der Waals surface area contributed by atoms with Gasteiger partial charge >= 0.3 is 0 Å². The zero-order valence-electron chi connectivity index (χ0n) is 8.17. The van der Waals surface area contributed by atoms with Crippen LogP contribution in [0.3, 0.4) is 0 Å². The molecule has 0 aromatic rings. The highest BCUT2D eigenvalue weighted by Crippen LogP contribution is 2.39. The van der Waals surface area contributed by atoms with E-state index in [1.54, 1.807) is 0 Å². The van der Waals surface area contributed by atoms with Crippen LogP contribution in [0.1, 0.15) is 20.3 Å². The average Bonchev–Trinajstić information content (AvgIpc) is 2.78. The summed E-state index contributed by atoms with van der Waals surface area (Å²) in [5.74, 6) is 0. The third kappa shape index (κ3) is 1.34. The van der Waals surface area contributed by atoms with Crippen LogP contribution in [-0.2, 0) is 0 Å². The molecule has 0 aliphatic heterocycles. The van der Waals surface area contributed by atoms with E-state index in [-0.39, 0.29) is 5.41 Å². The summed E-state index contributed by atoms with van der Waals surface area (Å²) in [4.78, 5) is 0. The number of rotatable bonds is 2. The van der Waals surface area contributed by atoms with Crippen molar-refractivity contribution in [3.05, 3.63) is 53.3 Å². The van der Waals surface area contributed by atoms with Gasteiger partial charge in [0.15, 0.2) is 0 Å². The molecule has 0 saturated heterocycles. The summed E-state index contributed by atoms with van der Waals surface area (Å²) in [5, 5.41) is 0. The lowest BCUT2D eigenvalue weighted by atomic mass is 9.77. The van der Waals surface area contributed by atoms with E-state index < -0.39 is 0 Å². The Kier molecular flexibility index (Phi) is 1.86. The second-order valence-electron chi connectivity index (χ2n) is 4.03. The fraction of sp³-hybridized carbons (Fsp3) is 0.308. The second kappa shape index (κ2) is 2.90. The first-order valence-electron chi connectivity index (χ1n) is 4.71. The average molecular weight is 170 g/mol. The van der Waals surface area contributed by atoms with E-state index in [1.165, 1.54) is 11.1 Å². The minimum absolute atomic E-state index is 0.146. The molecular formula is C13H14. The van der Waals surface area contributed by atoms with Crippen LogP contribution in [0, 0.1) is 5.41 Å². The van der Waals surface area contributed by atoms with Gasteiger partial charge in [0, 0.05) is 11.0 Å². The van der Waals surface area contributed by atoms with Crippen LogP contribution < -0.4 is 0 Å². The summed E-state index contributed by atoms with van der Waals surface area (Å²) in [6.45, 7) is 4.52. The van der Waals surface area contributed by atoms with Crippen molar-refractivity contribution in [2.24, 2.45) is 5.41 Å². The van der Waals surface area contributed by atoms with Crippen LogP contribution in [-0.4, -0.2) is 0 Å². The molecule has 0 radical (unpaired) electrons. The molecule has 13 heavy (non-hydrogen) atoms. The summed E-state index contributed by atoms with van der Waals surface area (Å²) in [5.41, 5.74) is 6.21. The topological polar surface area (TPSA) is 0 Å². The lowest BCUT2D eigenvalue weighted by molar-refractivity contribution is 0.545. The minimum Gasteiger partial charge on any atom is -0.116 e. The first kappa shape index (κ1) is 8.34. The molecular weight excluding hydrogens is 156 g/mol. The number of allylic oxidation sites excluding steroid dienone is 7. The molecule has 0 bridgehead atoms. The summed E-state index contributed by atoms with van der Waals surface area (Å²) < 4.78 is 0. The summed E-state index contributed by atoms with van der Waals surface area (Å²) in [7, 11) is 0. The van der Waals surface area contributed by atoms with Crippen LogP contribution in [0.15, 0.2) is 53.3 Å². The molecule has 0 heterocycles. The summed E-state index contributed by atoms with van der Waals surface area (Å²) >= 11 is 0. The first-order valence-corrected chi connectivity index (χ1v) is 4.71. The predicted molar refractivity (Wildman–Crippen MR) is 56.4 cm³/mol. The Morgan fingerprint density at radius 1 is 1.31 bits per heavy atom. The van der Waals surface area contributed by atoms with Gasteiger partial charge in [0.05, 0.1) is 0 Å². The Hall–Kier alpha value is -1.26. The zero-order valence-corrected chi connectivity index (χ0v) is 8.17. The summed E-state index contributed by atoms with van der Waals surface area (Å²) in [6.07, 6.45) is 13.9. The van der Waals surface area contributed by atoms with Crippen molar-refractivity contribution < 1.29 is 0 Å². The van der Waals surface area contributed by atoms with E-state index in [0.717, 1.165) is 6.42 Å². The zero-order chi connectivity index (χ0) is 9.31. The quantitative estimate of drug-likeness (QED) is 0.556. The van der Waals surface area contributed by atoms with Gasteiger partial charge in [-0.15, -0.1) is 5.73 Å². The minimum atomic E-state index is 0.146. The third-order valence-electron chi connectivity index (χ3n) is 2.85. The Morgan fingerprint density at radius 3 is 2.69 bits per heavy atom. The number of hydrogen-bond donors (Lipinski definition) is 0. The van der Waals surface area contributed by atoms with Crippen LogP contribution in [0.4, 0.5) is 0 Å². The molecule has 0 heteroatoms. The molecule has 0 saturated carbocycles. The molecule has 0 aromatic heterocycles. The molecule has 2 rings (SSSR count). The third-order valence-corrected chi connectivity index (χ3v) is 2.85. The maximum absolute atomic E-state index is 3.29. The van der Waals surface area contributed by atoms with Gasteiger partial charge in [-0.3, -0.25) is 0 Å². The molecule has 0 nitrogen and oxygen atoms in total. The highest BCUT2D eigenvalue weighted by Gasteiger charge is 2.27. The molecule has 0 fully saturated rings. The Morgan fingerprint density at radius 2 is 2.15 bits per heavy atom. The first-order chi connectivity index (χ1) is 6.21. The van der Waals surface area contributed by atoms with Gasteiger partial charge in [0.25, 0.3) is 0 Å². The predicted octanol–water partition coefficient (Wildman–Crippen LogP) is 3.55. The fourth-order valence-electron chi connectivity index (χ4n) is 1.80. The van der Waals surface area contributed by atoms with E-state index in [4.69, 9.17) is 0 Å². The van der Waals surface area contributed by atoms with Crippen molar-refractivity contribution in [3.8, 4) is 0 Å². The highest BCUT2D eigenvalue weighted by molar-refractivity contribution is 5.42. The molecule has 0 spiro atoms. The van der Waals surface area contributed by atoms with E-state index in [0.29, 0.717) is 0 Å². The van der Waals surface area contributed by atoms with Crippen molar-refractivity contribution in [1.82, 2.24) is 0 Å². The van der Waals surface area contributed by atoms with Crippen molar-refractivity contribution >= 4 is 0 Å². The van der Waals surface area contributed by atoms with Gasteiger partial charge in [0.2, 0.25) is 0 Å². The Balaban J connectivity index is 2.30. The molecule has 66 valence electrons. The normalized spacial score (nSPS) is 19.5. The molecule has 0 aromatic carbocycles. The van der Waals surface area contributed by atoms with E-state index in [2.05, 4.69) is 50.0 Å². The Labute approximate surface area is 79.7 Å². The monoisotopic (exact) mass is 170 g/mol. The molecule has 2 aliphatic rings. The van der Waals surface area contributed by atoms with Crippen LogP contribution >= 0.6 is 0 Å². The molecule has 0 unspecified atom stereocenters. The molecule has 0 N–H and O–H groups in total. The summed E-state index contributed by atoms with van der Waals surface area (Å²) in [6, 6.07) is 0. The number of hydrogen-bond acceptors (Lipinski definition) is 0. The van der Waals surface area contributed by atoms with Crippen LogP contribution in [0.5, 0.6) is 0 Å². The van der Waals surface area contributed by atoms with E-state index in [9.17, 15) is 0 Å². The smallest absolute Gasteiger partial charge is 0.0184 e. The largest absolute Gasteiger partial charge is 0.116 e. The van der Waals surface area contributed by atoms with E-state index in [1.807, 2.05) is 6.08 Å². The van der Waals surface area contributed by atoms with Gasteiger partial charge in [0.1, 0.15) is 0 Å². The molecule has 0 atom stereocenters. The fourth-order valence-corrected chi connectivity index (χ4v) is 1.80.